The second-order valence-corrected chi connectivity index (χ2v) is 5.41. The van der Waals surface area contributed by atoms with Crippen molar-refractivity contribution in [2.24, 2.45) is 0 Å². The van der Waals surface area contributed by atoms with Gasteiger partial charge in [-0.3, -0.25) is 9.80 Å². The fourth-order valence-corrected chi connectivity index (χ4v) is 3.15. The zero-order valence-electron chi connectivity index (χ0n) is 9.98. The molecule has 1 aromatic heterocycles. The van der Waals surface area contributed by atoms with Gasteiger partial charge < -0.3 is 0 Å². The molecule has 0 saturated carbocycles. The van der Waals surface area contributed by atoms with Crippen LogP contribution in [0.2, 0.25) is 5.15 Å². The molecule has 2 aliphatic heterocycles. The first-order valence-electron chi connectivity index (χ1n) is 6.39. The van der Waals surface area contributed by atoms with Gasteiger partial charge in [0.1, 0.15) is 5.15 Å². The number of hydrogen-bond acceptors (Lipinski definition) is 3. The molecule has 0 aliphatic carbocycles. The van der Waals surface area contributed by atoms with E-state index in [0.29, 0.717) is 5.15 Å². The van der Waals surface area contributed by atoms with Gasteiger partial charge in [0, 0.05) is 32.2 Å². The first kappa shape index (κ1) is 11.5. The number of piperazine rings is 1. The monoisotopic (exact) mass is 251 g/mol. The minimum Gasteiger partial charge on any atom is -0.298 e. The maximum Gasteiger partial charge on any atom is 0.129 e. The molecule has 4 heteroatoms. The summed E-state index contributed by atoms with van der Waals surface area (Å²) in [6, 6.07) is 6.66. The highest BCUT2D eigenvalue weighted by Gasteiger charge is 2.30. The third-order valence-corrected chi connectivity index (χ3v) is 4.04. The predicted octanol–water partition coefficient (Wildman–Crippen LogP) is 2.01. The lowest BCUT2D eigenvalue weighted by Crippen LogP contribution is -2.49. The molecule has 0 amide bonds. The summed E-state index contributed by atoms with van der Waals surface area (Å²) in [6.45, 7) is 5.79. The molecule has 1 unspecified atom stereocenters. The lowest BCUT2D eigenvalue weighted by molar-refractivity contribution is 0.0984. The van der Waals surface area contributed by atoms with Gasteiger partial charge in [0.05, 0.1) is 5.69 Å². The first-order chi connectivity index (χ1) is 8.31. The molecule has 0 bridgehead atoms. The van der Waals surface area contributed by atoms with Crippen LogP contribution in [0.5, 0.6) is 0 Å². The van der Waals surface area contributed by atoms with Crippen LogP contribution in [0.1, 0.15) is 18.5 Å². The van der Waals surface area contributed by atoms with E-state index in [1.165, 1.54) is 32.5 Å². The van der Waals surface area contributed by atoms with Gasteiger partial charge in [-0.15, -0.1) is 0 Å². The van der Waals surface area contributed by atoms with Crippen LogP contribution >= 0.6 is 11.6 Å². The zero-order valence-corrected chi connectivity index (χ0v) is 10.7. The van der Waals surface area contributed by atoms with E-state index in [0.717, 1.165) is 24.8 Å². The number of pyridine rings is 1. The van der Waals surface area contributed by atoms with Crippen molar-refractivity contribution in [3.63, 3.8) is 0 Å². The van der Waals surface area contributed by atoms with Crippen molar-refractivity contribution < 1.29 is 0 Å². The summed E-state index contributed by atoms with van der Waals surface area (Å²) in [5, 5.41) is 0.599. The summed E-state index contributed by atoms with van der Waals surface area (Å²) in [7, 11) is 0. The van der Waals surface area contributed by atoms with E-state index in [1.807, 2.05) is 12.1 Å². The highest BCUT2D eigenvalue weighted by Crippen LogP contribution is 2.22. The average molecular weight is 252 g/mol. The van der Waals surface area contributed by atoms with Gasteiger partial charge in [-0.25, -0.2) is 4.98 Å². The van der Waals surface area contributed by atoms with Gasteiger partial charge in [0.25, 0.3) is 0 Å². The van der Waals surface area contributed by atoms with Crippen molar-refractivity contribution in [2.45, 2.75) is 25.4 Å². The average Bonchev–Trinajstić information content (AvgIpc) is 2.76. The van der Waals surface area contributed by atoms with Crippen LogP contribution in [0.4, 0.5) is 0 Å². The SMILES string of the molecule is Clc1cccc(CN2CCN3CCCC3C2)n1. The van der Waals surface area contributed by atoms with Crippen molar-refractivity contribution >= 4 is 11.6 Å². The Labute approximate surface area is 107 Å². The second-order valence-electron chi connectivity index (χ2n) is 5.02. The summed E-state index contributed by atoms with van der Waals surface area (Å²) in [5.41, 5.74) is 1.09. The maximum absolute atomic E-state index is 5.91. The summed E-state index contributed by atoms with van der Waals surface area (Å²) >= 11 is 5.91. The van der Waals surface area contributed by atoms with Crippen LogP contribution in [0.15, 0.2) is 18.2 Å². The topological polar surface area (TPSA) is 19.4 Å². The Kier molecular flexibility index (Phi) is 3.32. The molecule has 2 aliphatic rings. The number of fused-ring (bicyclic) bond motifs is 1. The maximum atomic E-state index is 5.91. The Hall–Kier alpha value is -0.640. The van der Waals surface area contributed by atoms with Gasteiger partial charge in [-0.05, 0) is 31.5 Å². The molecular weight excluding hydrogens is 234 g/mol. The molecule has 17 heavy (non-hydrogen) atoms. The van der Waals surface area contributed by atoms with Gasteiger partial charge in [-0.1, -0.05) is 17.7 Å². The second kappa shape index (κ2) is 4.92. The van der Waals surface area contributed by atoms with Crippen LogP contribution < -0.4 is 0 Å². The minimum atomic E-state index is 0.599. The summed E-state index contributed by atoms with van der Waals surface area (Å²) in [6.07, 6.45) is 2.73. The normalized spacial score (nSPS) is 26.1. The Morgan fingerprint density at radius 3 is 3.12 bits per heavy atom. The highest BCUT2D eigenvalue weighted by molar-refractivity contribution is 6.29. The Balaban J connectivity index is 1.62. The molecule has 1 atom stereocenters. The van der Waals surface area contributed by atoms with E-state index in [4.69, 9.17) is 11.6 Å². The van der Waals surface area contributed by atoms with E-state index in [1.54, 1.807) is 0 Å². The number of rotatable bonds is 2. The van der Waals surface area contributed by atoms with Crippen LogP contribution in [-0.4, -0.2) is 47.0 Å². The van der Waals surface area contributed by atoms with Crippen molar-refractivity contribution in [1.29, 1.82) is 0 Å². The van der Waals surface area contributed by atoms with Gasteiger partial charge in [-0.2, -0.15) is 0 Å². The van der Waals surface area contributed by atoms with Crippen molar-refractivity contribution in [3.05, 3.63) is 29.0 Å². The molecule has 2 fully saturated rings. The molecule has 1 aromatic rings. The van der Waals surface area contributed by atoms with E-state index < -0.39 is 0 Å². The van der Waals surface area contributed by atoms with Gasteiger partial charge >= 0.3 is 0 Å². The molecule has 2 saturated heterocycles. The molecule has 3 nitrogen and oxygen atoms in total. The number of halogens is 1. The van der Waals surface area contributed by atoms with Crippen molar-refractivity contribution in [2.75, 3.05) is 26.2 Å². The molecule has 0 aromatic carbocycles. The Bertz CT molecular complexity index is 396. The number of hydrogen-bond donors (Lipinski definition) is 0. The molecule has 92 valence electrons. The summed E-state index contributed by atoms with van der Waals surface area (Å²) in [5.74, 6) is 0. The van der Waals surface area contributed by atoms with Crippen molar-refractivity contribution in [1.82, 2.24) is 14.8 Å². The van der Waals surface area contributed by atoms with E-state index in [9.17, 15) is 0 Å². The molecule has 0 spiro atoms. The smallest absolute Gasteiger partial charge is 0.129 e. The lowest BCUT2D eigenvalue weighted by Gasteiger charge is -2.37. The highest BCUT2D eigenvalue weighted by atomic mass is 35.5. The zero-order chi connectivity index (χ0) is 11.7. The third kappa shape index (κ3) is 2.62. The van der Waals surface area contributed by atoms with Gasteiger partial charge in [0.2, 0.25) is 0 Å². The van der Waals surface area contributed by atoms with E-state index in [2.05, 4.69) is 20.9 Å². The lowest BCUT2D eigenvalue weighted by atomic mass is 10.1. The van der Waals surface area contributed by atoms with E-state index >= 15 is 0 Å². The number of aromatic nitrogens is 1. The van der Waals surface area contributed by atoms with E-state index in [-0.39, 0.29) is 0 Å². The van der Waals surface area contributed by atoms with Crippen LogP contribution in [0, 0.1) is 0 Å². The summed E-state index contributed by atoms with van der Waals surface area (Å²) < 4.78 is 0. The minimum absolute atomic E-state index is 0.599. The van der Waals surface area contributed by atoms with Crippen LogP contribution in [0.25, 0.3) is 0 Å². The quantitative estimate of drug-likeness (QED) is 0.750. The molecular formula is C13H18ClN3. The molecule has 0 radical (unpaired) electrons. The van der Waals surface area contributed by atoms with Crippen LogP contribution in [0.3, 0.4) is 0 Å². The third-order valence-electron chi connectivity index (χ3n) is 3.83. The standard InChI is InChI=1S/C13H18ClN3/c14-13-5-1-3-11(15-13)9-16-7-8-17-6-2-4-12(17)10-16/h1,3,5,12H,2,4,6-10H2. The van der Waals surface area contributed by atoms with Crippen molar-refractivity contribution in [3.8, 4) is 0 Å². The predicted molar refractivity (Wildman–Crippen MR) is 69.1 cm³/mol. The molecule has 3 heterocycles. The van der Waals surface area contributed by atoms with Crippen LogP contribution in [-0.2, 0) is 6.54 Å². The molecule has 3 rings (SSSR count). The summed E-state index contributed by atoms with van der Waals surface area (Å²) in [4.78, 5) is 9.49. The first-order valence-corrected chi connectivity index (χ1v) is 6.77. The Morgan fingerprint density at radius 1 is 1.29 bits per heavy atom. The Morgan fingerprint density at radius 2 is 2.24 bits per heavy atom. The van der Waals surface area contributed by atoms with Gasteiger partial charge in [0.15, 0.2) is 0 Å². The fourth-order valence-electron chi connectivity index (χ4n) is 2.97. The fraction of sp³-hybridized carbons (Fsp3) is 0.615. The molecule has 0 N–H and O–H groups in total. The number of nitrogens with zero attached hydrogens (tertiary/aromatic N) is 3. The largest absolute Gasteiger partial charge is 0.298 e.